The number of sulfone groups is 1. The SMILES string of the molecule is Cc1c(-c2ccc(C3(N)CC3)cc2)cccc1S(=O)(=O)N1CCC2(CC1)C[C@@H](NCC(O)COc1cccc(S(=O)(=O)C3(CO)CC3)c1)CO2. The van der Waals surface area contributed by atoms with Crippen LogP contribution in [0.2, 0.25) is 0 Å². The zero-order valence-corrected chi connectivity index (χ0v) is 30.0. The Morgan fingerprint density at radius 2 is 1.68 bits per heavy atom. The van der Waals surface area contributed by atoms with E-state index in [-0.39, 0.29) is 29.6 Å². The number of aliphatic hydroxyl groups excluding tert-OH is 2. The second kappa shape index (κ2) is 13.3. The van der Waals surface area contributed by atoms with Gasteiger partial charge in [0.2, 0.25) is 10.0 Å². The van der Waals surface area contributed by atoms with Gasteiger partial charge in [0.1, 0.15) is 18.5 Å². The van der Waals surface area contributed by atoms with Gasteiger partial charge >= 0.3 is 0 Å². The molecule has 13 heteroatoms. The van der Waals surface area contributed by atoms with Crippen molar-refractivity contribution in [2.45, 2.75) is 89.7 Å². The molecule has 0 radical (unpaired) electrons. The first kappa shape index (κ1) is 35.5. The standard InChI is InChI=1S/C37H47N3O8S2/c1-26-33(27-8-10-28(11-9-27)37(38)14-15-37)6-3-7-34(26)50(45,46)40-18-16-35(17-19-40)21-29(23-48-35)39-22-30(42)24-47-31-4-2-5-32(20-31)49(43,44)36(25-41)12-13-36/h2-11,20,29-30,39,41-42H,12-19,21-25,38H2,1H3/t29-,30?/m1/s1. The first-order chi connectivity index (χ1) is 23.8. The highest BCUT2D eigenvalue weighted by Gasteiger charge is 2.54. The summed E-state index contributed by atoms with van der Waals surface area (Å²) in [6, 6.07) is 19.8. The maximum atomic E-state index is 13.9. The summed E-state index contributed by atoms with van der Waals surface area (Å²) in [6.45, 7) is 2.85. The molecule has 1 spiro atoms. The third-order valence-corrected chi connectivity index (χ3v) is 15.8. The summed E-state index contributed by atoms with van der Waals surface area (Å²) >= 11 is 0. The van der Waals surface area contributed by atoms with E-state index in [2.05, 4.69) is 5.32 Å². The molecule has 7 rings (SSSR count). The smallest absolute Gasteiger partial charge is 0.243 e. The second-order valence-electron chi connectivity index (χ2n) is 14.7. The molecule has 1 unspecified atom stereocenters. The molecule has 3 aromatic rings. The zero-order chi connectivity index (χ0) is 35.4. The van der Waals surface area contributed by atoms with E-state index in [0.29, 0.717) is 62.4 Å². The highest BCUT2D eigenvalue weighted by molar-refractivity contribution is 7.93. The number of sulfonamides is 1. The monoisotopic (exact) mass is 725 g/mol. The van der Waals surface area contributed by atoms with Gasteiger partial charge in [0.15, 0.2) is 9.84 Å². The Labute approximate surface area is 294 Å². The Hall–Kier alpha value is -2.88. The van der Waals surface area contributed by atoms with Crippen LogP contribution in [0.3, 0.4) is 0 Å². The number of nitrogens with one attached hydrogen (secondary N) is 1. The Kier molecular flexibility index (Phi) is 9.43. The van der Waals surface area contributed by atoms with Crippen molar-refractivity contribution in [3.05, 3.63) is 77.9 Å². The van der Waals surface area contributed by atoms with Crippen molar-refractivity contribution in [3.8, 4) is 16.9 Å². The Bertz CT molecular complexity index is 1930. The number of piperidine rings is 1. The maximum absolute atomic E-state index is 13.9. The van der Waals surface area contributed by atoms with Crippen molar-refractivity contribution >= 4 is 19.9 Å². The van der Waals surface area contributed by atoms with Gasteiger partial charge in [0.25, 0.3) is 0 Å². The molecule has 2 atom stereocenters. The molecule has 2 saturated carbocycles. The normalized spacial score (nSPS) is 23.1. The third-order valence-electron chi connectivity index (χ3n) is 11.2. The molecule has 50 heavy (non-hydrogen) atoms. The molecule has 0 aromatic heterocycles. The van der Waals surface area contributed by atoms with Gasteiger partial charge in [-0.1, -0.05) is 42.5 Å². The Morgan fingerprint density at radius 3 is 2.34 bits per heavy atom. The van der Waals surface area contributed by atoms with E-state index < -0.39 is 42.9 Å². The van der Waals surface area contributed by atoms with E-state index in [1.165, 1.54) is 12.1 Å². The Morgan fingerprint density at radius 1 is 0.980 bits per heavy atom. The van der Waals surface area contributed by atoms with Gasteiger partial charge in [0.05, 0.1) is 33.4 Å². The molecule has 2 aliphatic carbocycles. The van der Waals surface area contributed by atoms with Crippen LogP contribution in [0.15, 0.2) is 76.5 Å². The van der Waals surface area contributed by atoms with Crippen molar-refractivity contribution in [3.63, 3.8) is 0 Å². The first-order valence-corrected chi connectivity index (χ1v) is 20.4. The van der Waals surface area contributed by atoms with Crippen molar-refractivity contribution in [1.82, 2.24) is 9.62 Å². The summed E-state index contributed by atoms with van der Waals surface area (Å²) in [6.07, 6.45) is 3.85. The fourth-order valence-electron chi connectivity index (χ4n) is 7.40. The summed E-state index contributed by atoms with van der Waals surface area (Å²) in [7, 11) is -7.40. The molecule has 0 amide bonds. The van der Waals surface area contributed by atoms with E-state index >= 15 is 0 Å². The molecule has 2 saturated heterocycles. The van der Waals surface area contributed by atoms with Crippen LogP contribution in [0.4, 0.5) is 0 Å². The van der Waals surface area contributed by atoms with Crippen LogP contribution in [0, 0.1) is 6.92 Å². The number of hydrogen-bond acceptors (Lipinski definition) is 10. The quantitative estimate of drug-likeness (QED) is 0.205. The molecule has 270 valence electrons. The number of hydrogen-bond donors (Lipinski definition) is 4. The van der Waals surface area contributed by atoms with Gasteiger partial charge in [-0.2, -0.15) is 4.31 Å². The van der Waals surface area contributed by atoms with E-state index in [1.54, 1.807) is 28.6 Å². The van der Waals surface area contributed by atoms with E-state index in [0.717, 1.165) is 35.1 Å². The molecule has 4 aliphatic rings. The molecular formula is C37H47N3O8S2. The number of rotatable bonds is 13. The van der Waals surface area contributed by atoms with Crippen molar-refractivity contribution in [1.29, 1.82) is 0 Å². The van der Waals surface area contributed by atoms with Crippen molar-refractivity contribution in [2.24, 2.45) is 5.73 Å². The number of benzene rings is 3. The van der Waals surface area contributed by atoms with E-state index in [9.17, 15) is 27.0 Å². The lowest BCUT2D eigenvalue weighted by molar-refractivity contribution is -0.0312. The largest absolute Gasteiger partial charge is 0.491 e. The Balaban J connectivity index is 0.900. The van der Waals surface area contributed by atoms with Crippen LogP contribution in [-0.2, 0) is 30.1 Å². The first-order valence-electron chi connectivity index (χ1n) is 17.4. The topological polar surface area (TPSA) is 168 Å². The average Bonchev–Trinajstić information content (AvgIpc) is 4.05. The minimum absolute atomic E-state index is 0.00568. The minimum atomic E-state index is -3.72. The van der Waals surface area contributed by atoms with Crippen LogP contribution in [0.5, 0.6) is 5.75 Å². The minimum Gasteiger partial charge on any atom is -0.491 e. The van der Waals surface area contributed by atoms with Crippen LogP contribution in [-0.4, -0.2) is 93.3 Å². The lowest BCUT2D eigenvalue weighted by atomic mass is 9.88. The lowest BCUT2D eigenvalue weighted by Crippen LogP contribution is -2.47. The van der Waals surface area contributed by atoms with Crippen LogP contribution < -0.4 is 15.8 Å². The number of nitrogens with zero attached hydrogens (tertiary/aromatic N) is 1. The molecule has 0 bridgehead atoms. The van der Waals surface area contributed by atoms with Crippen LogP contribution in [0.1, 0.15) is 56.1 Å². The zero-order valence-electron chi connectivity index (χ0n) is 28.4. The van der Waals surface area contributed by atoms with Gasteiger partial charge in [-0.15, -0.1) is 0 Å². The highest BCUT2D eigenvalue weighted by Crippen LogP contribution is 2.47. The number of aliphatic hydroxyl groups is 2. The van der Waals surface area contributed by atoms with Gasteiger partial charge < -0.3 is 30.7 Å². The summed E-state index contributed by atoms with van der Waals surface area (Å²) in [5.74, 6) is 0.332. The summed E-state index contributed by atoms with van der Waals surface area (Å²) in [5.41, 5.74) is 9.40. The van der Waals surface area contributed by atoms with Gasteiger partial charge in [0, 0.05) is 31.2 Å². The van der Waals surface area contributed by atoms with E-state index in [1.807, 2.05) is 37.3 Å². The molecule has 2 heterocycles. The molecule has 4 fully saturated rings. The van der Waals surface area contributed by atoms with Gasteiger partial charge in [-0.3, -0.25) is 0 Å². The van der Waals surface area contributed by atoms with Crippen LogP contribution in [0.25, 0.3) is 11.1 Å². The molecular weight excluding hydrogens is 679 g/mol. The fraction of sp³-hybridized carbons (Fsp3) is 0.514. The van der Waals surface area contributed by atoms with E-state index in [4.69, 9.17) is 15.2 Å². The third kappa shape index (κ3) is 6.74. The highest BCUT2D eigenvalue weighted by atomic mass is 32.2. The molecule has 2 aliphatic heterocycles. The average molecular weight is 726 g/mol. The predicted molar refractivity (Wildman–Crippen MR) is 189 cm³/mol. The lowest BCUT2D eigenvalue weighted by Gasteiger charge is -2.38. The summed E-state index contributed by atoms with van der Waals surface area (Å²) < 4.78 is 66.1. The van der Waals surface area contributed by atoms with Gasteiger partial charge in [-0.05, 0) is 98.4 Å². The maximum Gasteiger partial charge on any atom is 0.243 e. The summed E-state index contributed by atoms with van der Waals surface area (Å²) in [5, 5.41) is 23.6. The number of nitrogens with two attached hydrogens (primary N) is 1. The van der Waals surface area contributed by atoms with Crippen molar-refractivity contribution in [2.75, 3.05) is 39.5 Å². The van der Waals surface area contributed by atoms with Crippen LogP contribution >= 0.6 is 0 Å². The summed E-state index contributed by atoms with van der Waals surface area (Å²) in [4.78, 5) is 0.422. The van der Waals surface area contributed by atoms with Gasteiger partial charge in [-0.25, -0.2) is 16.8 Å². The second-order valence-corrected chi connectivity index (χ2v) is 18.9. The number of ether oxygens (including phenoxy) is 2. The molecule has 5 N–H and O–H groups in total. The predicted octanol–water partition coefficient (Wildman–Crippen LogP) is 3.25. The molecule has 11 nitrogen and oxygen atoms in total. The fourth-order valence-corrected chi connectivity index (χ4v) is 10.9. The molecule has 3 aromatic carbocycles. The van der Waals surface area contributed by atoms with Crippen molar-refractivity contribution < 1.29 is 36.5 Å².